The topological polar surface area (TPSA) is 84.4 Å². The quantitative estimate of drug-likeness (QED) is 0.860. The number of hydrogen-bond acceptors (Lipinski definition) is 5. The average molecular weight is 286 g/mol. The third-order valence-corrected chi connectivity index (χ3v) is 3.67. The van der Waals surface area contributed by atoms with Gasteiger partial charge in [0.2, 0.25) is 5.91 Å². The Balaban J connectivity index is 1.73. The van der Waals surface area contributed by atoms with E-state index in [1.165, 1.54) is 0 Å². The molecule has 21 heavy (non-hydrogen) atoms. The van der Waals surface area contributed by atoms with Gasteiger partial charge in [-0.15, -0.1) is 0 Å². The fourth-order valence-electron chi connectivity index (χ4n) is 2.55. The number of piperazine rings is 1. The van der Waals surface area contributed by atoms with Gasteiger partial charge in [-0.3, -0.25) is 9.69 Å². The molecule has 0 bridgehead atoms. The number of carbonyl (C=O) groups is 1. The minimum Gasteiger partial charge on any atom is -0.368 e. The smallest absolute Gasteiger partial charge is 0.236 e. The molecule has 1 saturated heterocycles. The van der Waals surface area contributed by atoms with E-state index in [9.17, 15) is 4.79 Å². The molecule has 6 nitrogen and oxygen atoms in total. The molecule has 110 valence electrons. The minimum absolute atomic E-state index is 0.302. The third-order valence-electron chi connectivity index (χ3n) is 3.67. The Morgan fingerprint density at radius 1 is 1.43 bits per heavy atom. The minimum atomic E-state index is -0.315. The predicted molar refractivity (Wildman–Crippen MR) is 78.2 cm³/mol. The molecule has 1 unspecified atom stereocenters. The van der Waals surface area contributed by atoms with Gasteiger partial charge in [0, 0.05) is 31.3 Å². The fourth-order valence-corrected chi connectivity index (χ4v) is 2.55. The summed E-state index contributed by atoms with van der Waals surface area (Å²) in [5.41, 5.74) is 7.26. The predicted octanol–water partition coefficient (Wildman–Crippen LogP) is 0.601. The van der Waals surface area contributed by atoms with Gasteiger partial charge < -0.3 is 15.6 Å². The van der Waals surface area contributed by atoms with Crippen molar-refractivity contribution in [2.45, 2.75) is 12.6 Å². The second kappa shape index (κ2) is 6.07. The molecular weight excluding hydrogens is 268 g/mol. The van der Waals surface area contributed by atoms with E-state index >= 15 is 0 Å². The van der Waals surface area contributed by atoms with Gasteiger partial charge in [-0.05, 0) is 0 Å². The zero-order valence-corrected chi connectivity index (χ0v) is 11.7. The molecule has 1 aliphatic rings. The van der Waals surface area contributed by atoms with Gasteiger partial charge in [0.05, 0.1) is 6.54 Å². The molecular formula is C15H18N4O2. The monoisotopic (exact) mass is 286 g/mol. The van der Waals surface area contributed by atoms with Crippen LogP contribution in [0.3, 0.4) is 0 Å². The summed E-state index contributed by atoms with van der Waals surface area (Å²) in [6.07, 6.45) is 0. The normalized spacial score (nSPS) is 19.5. The molecule has 0 aliphatic carbocycles. The van der Waals surface area contributed by atoms with Crippen molar-refractivity contribution in [1.82, 2.24) is 15.4 Å². The van der Waals surface area contributed by atoms with Crippen molar-refractivity contribution in [3.8, 4) is 11.3 Å². The Morgan fingerprint density at radius 2 is 2.24 bits per heavy atom. The summed E-state index contributed by atoms with van der Waals surface area (Å²) >= 11 is 0. The number of hydrogen-bond donors (Lipinski definition) is 2. The van der Waals surface area contributed by atoms with Crippen molar-refractivity contribution in [3.05, 3.63) is 42.2 Å². The molecule has 1 fully saturated rings. The fraction of sp³-hybridized carbons (Fsp3) is 0.333. The molecule has 1 atom stereocenters. The second-order valence-electron chi connectivity index (χ2n) is 5.14. The number of benzene rings is 1. The number of amides is 1. The van der Waals surface area contributed by atoms with Gasteiger partial charge in [-0.1, -0.05) is 35.5 Å². The lowest BCUT2D eigenvalue weighted by atomic mass is 10.1. The Bertz CT molecular complexity index is 611. The van der Waals surface area contributed by atoms with Crippen LogP contribution < -0.4 is 11.1 Å². The molecule has 2 aromatic rings. The van der Waals surface area contributed by atoms with E-state index in [1.54, 1.807) is 0 Å². The number of carbonyl (C=O) groups excluding carboxylic acids is 1. The molecule has 3 N–H and O–H groups in total. The molecule has 0 radical (unpaired) electrons. The number of primary amides is 1. The number of nitrogens with zero attached hydrogens (tertiary/aromatic N) is 2. The lowest BCUT2D eigenvalue weighted by Gasteiger charge is -2.33. The van der Waals surface area contributed by atoms with Gasteiger partial charge in [-0.25, -0.2) is 0 Å². The molecule has 0 saturated carbocycles. The lowest BCUT2D eigenvalue weighted by Crippen LogP contribution is -2.56. The first-order chi connectivity index (χ1) is 10.2. The van der Waals surface area contributed by atoms with E-state index in [2.05, 4.69) is 10.5 Å². The van der Waals surface area contributed by atoms with Crippen molar-refractivity contribution in [2.24, 2.45) is 5.73 Å². The van der Waals surface area contributed by atoms with E-state index in [0.717, 1.165) is 30.1 Å². The number of rotatable bonds is 4. The Labute approximate surface area is 122 Å². The summed E-state index contributed by atoms with van der Waals surface area (Å²) < 4.78 is 5.39. The zero-order chi connectivity index (χ0) is 14.7. The highest BCUT2D eigenvalue weighted by molar-refractivity contribution is 5.80. The lowest BCUT2D eigenvalue weighted by molar-refractivity contribution is -0.124. The highest BCUT2D eigenvalue weighted by Gasteiger charge is 2.27. The molecule has 3 rings (SSSR count). The van der Waals surface area contributed by atoms with Crippen LogP contribution in [-0.4, -0.2) is 41.6 Å². The summed E-state index contributed by atoms with van der Waals surface area (Å²) in [4.78, 5) is 13.5. The average Bonchev–Trinajstić information content (AvgIpc) is 2.97. The zero-order valence-electron chi connectivity index (χ0n) is 11.7. The first-order valence-corrected chi connectivity index (χ1v) is 6.99. The van der Waals surface area contributed by atoms with Crippen LogP contribution in [0.4, 0.5) is 0 Å². The van der Waals surface area contributed by atoms with Crippen molar-refractivity contribution in [2.75, 3.05) is 19.6 Å². The van der Waals surface area contributed by atoms with Crippen molar-refractivity contribution in [1.29, 1.82) is 0 Å². The molecule has 1 aliphatic heterocycles. The second-order valence-corrected chi connectivity index (χ2v) is 5.14. The number of nitrogens with two attached hydrogens (primary N) is 1. The van der Waals surface area contributed by atoms with Crippen LogP contribution in [-0.2, 0) is 11.3 Å². The summed E-state index contributed by atoms with van der Waals surface area (Å²) in [5.74, 6) is 0.423. The standard InChI is InChI=1S/C15H18N4O2/c16-15(20)14-9-17-6-7-19(14)10-12-8-13(18-21-12)11-4-2-1-3-5-11/h1-5,8,14,17H,6-7,9-10H2,(H2,16,20). The first kappa shape index (κ1) is 13.8. The Hall–Kier alpha value is -2.18. The third kappa shape index (κ3) is 3.12. The van der Waals surface area contributed by atoms with E-state index in [4.69, 9.17) is 10.3 Å². The van der Waals surface area contributed by atoms with E-state index in [0.29, 0.717) is 13.1 Å². The van der Waals surface area contributed by atoms with Gasteiger partial charge in [-0.2, -0.15) is 0 Å². The SMILES string of the molecule is NC(=O)C1CNCCN1Cc1cc(-c2ccccc2)no1. The van der Waals surface area contributed by atoms with E-state index in [-0.39, 0.29) is 11.9 Å². The van der Waals surface area contributed by atoms with Gasteiger partial charge in [0.1, 0.15) is 11.7 Å². The molecule has 0 spiro atoms. The van der Waals surface area contributed by atoms with Crippen LogP contribution in [0.2, 0.25) is 0 Å². The van der Waals surface area contributed by atoms with Crippen LogP contribution in [0.25, 0.3) is 11.3 Å². The van der Waals surface area contributed by atoms with Crippen LogP contribution in [0.1, 0.15) is 5.76 Å². The number of aromatic nitrogens is 1. The highest BCUT2D eigenvalue weighted by atomic mass is 16.5. The van der Waals surface area contributed by atoms with Crippen LogP contribution in [0.15, 0.2) is 40.9 Å². The maximum Gasteiger partial charge on any atom is 0.236 e. The Kier molecular flexibility index (Phi) is 3.98. The van der Waals surface area contributed by atoms with Gasteiger partial charge >= 0.3 is 0 Å². The molecule has 1 aromatic carbocycles. The van der Waals surface area contributed by atoms with Crippen LogP contribution in [0, 0.1) is 0 Å². The largest absolute Gasteiger partial charge is 0.368 e. The van der Waals surface area contributed by atoms with Gasteiger partial charge in [0.15, 0.2) is 5.76 Å². The summed E-state index contributed by atoms with van der Waals surface area (Å²) in [6, 6.07) is 11.5. The maximum absolute atomic E-state index is 11.5. The number of nitrogens with one attached hydrogen (secondary N) is 1. The van der Waals surface area contributed by atoms with Crippen molar-refractivity contribution in [3.63, 3.8) is 0 Å². The molecule has 1 amide bonds. The van der Waals surface area contributed by atoms with Gasteiger partial charge in [0.25, 0.3) is 0 Å². The maximum atomic E-state index is 11.5. The van der Waals surface area contributed by atoms with Crippen molar-refractivity contribution < 1.29 is 9.32 Å². The Morgan fingerprint density at radius 3 is 3.00 bits per heavy atom. The molecule has 2 heterocycles. The van der Waals surface area contributed by atoms with E-state index < -0.39 is 0 Å². The van der Waals surface area contributed by atoms with Crippen LogP contribution >= 0.6 is 0 Å². The van der Waals surface area contributed by atoms with Crippen molar-refractivity contribution >= 4 is 5.91 Å². The summed E-state index contributed by atoms with van der Waals surface area (Å²) in [6.45, 7) is 2.71. The summed E-state index contributed by atoms with van der Waals surface area (Å²) in [5, 5.41) is 7.26. The molecule has 6 heteroatoms. The first-order valence-electron chi connectivity index (χ1n) is 6.99. The highest BCUT2D eigenvalue weighted by Crippen LogP contribution is 2.20. The van der Waals surface area contributed by atoms with Crippen LogP contribution in [0.5, 0.6) is 0 Å². The van der Waals surface area contributed by atoms with E-state index in [1.807, 2.05) is 41.3 Å². The summed E-state index contributed by atoms with van der Waals surface area (Å²) in [7, 11) is 0. The molecule has 1 aromatic heterocycles.